The minimum Gasteiger partial charge on any atom is -0.384 e. The van der Waals surface area contributed by atoms with E-state index in [2.05, 4.69) is 11.8 Å². The molecule has 1 saturated heterocycles. The average Bonchev–Trinajstić information content (AvgIpc) is 2.68. The Hall–Kier alpha value is -1.10. The lowest BCUT2D eigenvalue weighted by Gasteiger charge is -2.41. The highest BCUT2D eigenvalue weighted by atomic mass is 35.5. The lowest BCUT2D eigenvalue weighted by Crippen LogP contribution is -2.45. The Labute approximate surface area is 171 Å². The van der Waals surface area contributed by atoms with E-state index in [1.165, 1.54) is 0 Å². The number of hydrogen-bond donors (Lipinski definition) is 1. The SMILES string of the molecule is CCC[C@](O)(c1ccc(Cl)cc1)[C@@H](CN1CCOCC1)c1ccc(Cl)cc1. The number of hydrogen-bond acceptors (Lipinski definition) is 3. The number of aliphatic hydroxyl groups is 1. The number of nitrogens with zero attached hydrogens (tertiary/aromatic N) is 1. The molecule has 2 aromatic rings. The molecule has 0 aromatic heterocycles. The molecular formula is C22H27Cl2NO2. The molecule has 1 aliphatic rings. The maximum Gasteiger partial charge on any atom is 0.0976 e. The van der Waals surface area contributed by atoms with Gasteiger partial charge in [-0.05, 0) is 41.8 Å². The van der Waals surface area contributed by atoms with Crippen molar-refractivity contribution in [3.63, 3.8) is 0 Å². The Balaban J connectivity index is 2.00. The Bertz CT molecular complexity index is 714. The fraction of sp³-hybridized carbons (Fsp3) is 0.455. The highest BCUT2D eigenvalue weighted by Gasteiger charge is 2.39. The number of halogens is 2. The maximum absolute atomic E-state index is 12.0. The third kappa shape index (κ3) is 5.04. The van der Waals surface area contributed by atoms with Crippen molar-refractivity contribution in [2.75, 3.05) is 32.8 Å². The van der Waals surface area contributed by atoms with E-state index in [0.29, 0.717) is 16.5 Å². The summed E-state index contributed by atoms with van der Waals surface area (Å²) in [6.45, 7) is 6.11. The molecule has 0 radical (unpaired) electrons. The molecule has 0 bridgehead atoms. The maximum atomic E-state index is 12.0. The lowest BCUT2D eigenvalue weighted by molar-refractivity contribution is -0.0285. The van der Waals surface area contributed by atoms with Crippen LogP contribution in [0.3, 0.4) is 0 Å². The molecule has 0 unspecified atom stereocenters. The zero-order valence-electron chi connectivity index (χ0n) is 15.7. The largest absolute Gasteiger partial charge is 0.384 e. The van der Waals surface area contributed by atoms with Crippen molar-refractivity contribution in [1.82, 2.24) is 4.90 Å². The normalized spacial score (nSPS) is 18.8. The fourth-order valence-electron chi connectivity index (χ4n) is 3.91. The first kappa shape index (κ1) is 20.6. The van der Waals surface area contributed by atoms with Gasteiger partial charge in [0.15, 0.2) is 0 Å². The smallest absolute Gasteiger partial charge is 0.0976 e. The summed E-state index contributed by atoms with van der Waals surface area (Å²) in [5.74, 6) is -0.0750. The number of benzene rings is 2. The zero-order chi connectivity index (χ0) is 19.3. The predicted octanol–water partition coefficient (Wildman–Crippen LogP) is 5.10. The second-order valence-electron chi connectivity index (χ2n) is 7.20. The molecule has 5 heteroatoms. The van der Waals surface area contributed by atoms with Crippen LogP contribution >= 0.6 is 23.2 Å². The second-order valence-corrected chi connectivity index (χ2v) is 8.07. The van der Waals surface area contributed by atoms with Crippen LogP contribution in [0, 0.1) is 0 Å². The molecule has 1 fully saturated rings. The van der Waals surface area contributed by atoms with Gasteiger partial charge in [-0.15, -0.1) is 0 Å². The van der Waals surface area contributed by atoms with Crippen LogP contribution in [-0.4, -0.2) is 42.9 Å². The molecule has 0 amide bonds. The Morgan fingerprint density at radius 1 is 1.00 bits per heavy atom. The number of morpholine rings is 1. The molecule has 1 aliphatic heterocycles. The molecule has 1 heterocycles. The average molecular weight is 408 g/mol. The van der Waals surface area contributed by atoms with Crippen LogP contribution in [0.1, 0.15) is 36.8 Å². The van der Waals surface area contributed by atoms with E-state index in [-0.39, 0.29) is 5.92 Å². The third-order valence-corrected chi connectivity index (χ3v) is 5.87. The molecule has 2 atom stereocenters. The molecule has 146 valence electrons. The van der Waals surface area contributed by atoms with Crippen LogP contribution in [0.4, 0.5) is 0 Å². The van der Waals surface area contributed by atoms with Gasteiger partial charge < -0.3 is 9.84 Å². The molecule has 3 rings (SSSR count). The van der Waals surface area contributed by atoms with Crippen LogP contribution in [0.2, 0.25) is 10.0 Å². The van der Waals surface area contributed by atoms with Crippen molar-refractivity contribution in [2.24, 2.45) is 0 Å². The van der Waals surface area contributed by atoms with Crippen molar-refractivity contribution in [3.8, 4) is 0 Å². The summed E-state index contributed by atoms with van der Waals surface area (Å²) in [4.78, 5) is 2.37. The van der Waals surface area contributed by atoms with Crippen LogP contribution in [0.5, 0.6) is 0 Å². The molecule has 1 N–H and O–H groups in total. The molecular weight excluding hydrogens is 381 g/mol. The molecule has 27 heavy (non-hydrogen) atoms. The van der Waals surface area contributed by atoms with Gasteiger partial charge in [-0.25, -0.2) is 0 Å². The van der Waals surface area contributed by atoms with Gasteiger partial charge in [-0.2, -0.15) is 0 Å². The molecule has 3 nitrogen and oxygen atoms in total. The number of ether oxygens (including phenoxy) is 1. The molecule has 0 spiro atoms. The van der Waals surface area contributed by atoms with Crippen LogP contribution in [0.25, 0.3) is 0 Å². The van der Waals surface area contributed by atoms with Crippen LogP contribution in [0.15, 0.2) is 48.5 Å². The van der Waals surface area contributed by atoms with E-state index in [4.69, 9.17) is 27.9 Å². The van der Waals surface area contributed by atoms with Gasteiger partial charge in [-0.3, -0.25) is 4.90 Å². The van der Waals surface area contributed by atoms with Crippen molar-refractivity contribution in [3.05, 3.63) is 69.7 Å². The van der Waals surface area contributed by atoms with Crippen molar-refractivity contribution < 1.29 is 9.84 Å². The van der Waals surface area contributed by atoms with Gasteiger partial charge >= 0.3 is 0 Å². The summed E-state index contributed by atoms with van der Waals surface area (Å²) >= 11 is 12.2. The van der Waals surface area contributed by atoms with E-state index < -0.39 is 5.60 Å². The highest BCUT2D eigenvalue weighted by Crippen LogP contribution is 2.42. The first-order valence-corrected chi connectivity index (χ1v) is 10.3. The highest BCUT2D eigenvalue weighted by molar-refractivity contribution is 6.30. The van der Waals surface area contributed by atoms with E-state index in [0.717, 1.165) is 50.4 Å². The quantitative estimate of drug-likeness (QED) is 0.692. The van der Waals surface area contributed by atoms with Gasteiger partial charge in [0.1, 0.15) is 0 Å². The van der Waals surface area contributed by atoms with Crippen LogP contribution in [-0.2, 0) is 10.3 Å². The van der Waals surface area contributed by atoms with E-state index in [1.54, 1.807) is 0 Å². The Morgan fingerprint density at radius 3 is 2.11 bits per heavy atom. The molecule has 0 saturated carbocycles. The van der Waals surface area contributed by atoms with Gasteiger partial charge in [0.2, 0.25) is 0 Å². The summed E-state index contributed by atoms with van der Waals surface area (Å²) in [6, 6.07) is 15.5. The van der Waals surface area contributed by atoms with E-state index in [1.807, 2.05) is 48.5 Å². The van der Waals surface area contributed by atoms with Crippen molar-refractivity contribution in [2.45, 2.75) is 31.3 Å². The zero-order valence-corrected chi connectivity index (χ0v) is 17.2. The number of rotatable bonds is 7. The summed E-state index contributed by atoms with van der Waals surface area (Å²) < 4.78 is 5.50. The third-order valence-electron chi connectivity index (χ3n) is 5.37. The second kappa shape index (κ2) is 9.40. The Morgan fingerprint density at radius 2 is 1.56 bits per heavy atom. The van der Waals surface area contributed by atoms with Crippen molar-refractivity contribution in [1.29, 1.82) is 0 Å². The summed E-state index contributed by atoms with van der Waals surface area (Å²) in [5, 5.41) is 13.3. The van der Waals surface area contributed by atoms with E-state index >= 15 is 0 Å². The van der Waals surface area contributed by atoms with Gasteiger partial charge in [0, 0.05) is 35.6 Å². The Kier molecular flexibility index (Phi) is 7.18. The first-order valence-electron chi connectivity index (χ1n) is 9.57. The summed E-state index contributed by atoms with van der Waals surface area (Å²) in [6.07, 6.45) is 1.55. The van der Waals surface area contributed by atoms with Gasteiger partial charge in [0.05, 0.1) is 18.8 Å². The fourth-order valence-corrected chi connectivity index (χ4v) is 4.16. The van der Waals surface area contributed by atoms with E-state index in [9.17, 15) is 5.11 Å². The lowest BCUT2D eigenvalue weighted by atomic mass is 9.74. The van der Waals surface area contributed by atoms with Crippen LogP contribution < -0.4 is 0 Å². The minimum absolute atomic E-state index is 0.0750. The minimum atomic E-state index is -0.981. The predicted molar refractivity (Wildman–Crippen MR) is 112 cm³/mol. The summed E-state index contributed by atoms with van der Waals surface area (Å²) in [5.41, 5.74) is 1.02. The first-order chi connectivity index (χ1) is 13.0. The monoisotopic (exact) mass is 407 g/mol. The molecule has 2 aromatic carbocycles. The van der Waals surface area contributed by atoms with Crippen molar-refractivity contribution >= 4 is 23.2 Å². The van der Waals surface area contributed by atoms with Gasteiger partial charge in [-0.1, -0.05) is 60.8 Å². The summed E-state index contributed by atoms with van der Waals surface area (Å²) in [7, 11) is 0. The van der Waals surface area contributed by atoms with Gasteiger partial charge in [0.25, 0.3) is 0 Å². The standard InChI is InChI=1S/C22H27Cl2NO2/c1-2-11-22(26,18-5-9-20(24)10-6-18)21(16-25-12-14-27-15-13-25)17-3-7-19(23)8-4-17/h3-10,21,26H,2,11-16H2,1H3/t21-,22-/m0/s1. The molecule has 0 aliphatic carbocycles. The topological polar surface area (TPSA) is 32.7 Å².